The molecule has 1 aromatic carbocycles. The summed E-state index contributed by atoms with van der Waals surface area (Å²) in [6, 6.07) is 14.8. The van der Waals surface area contributed by atoms with Gasteiger partial charge < -0.3 is 15.3 Å². The van der Waals surface area contributed by atoms with E-state index in [1.807, 2.05) is 35.8 Å². The first-order valence-electron chi connectivity index (χ1n) is 10.6. The molecule has 0 radical (unpaired) electrons. The minimum absolute atomic E-state index is 0.250. The number of carbonyl (C=O) groups is 1. The summed E-state index contributed by atoms with van der Waals surface area (Å²) in [7, 11) is 0. The quantitative estimate of drug-likeness (QED) is 0.464. The smallest absolute Gasteiger partial charge is 0.290 e. The molecule has 4 aromatic rings. The third-order valence-corrected chi connectivity index (χ3v) is 5.42. The number of aromatic nitrogens is 4. The Kier molecular flexibility index (Phi) is 6.60. The zero-order valence-corrected chi connectivity index (χ0v) is 18.4. The van der Waals surface area contributed by atoms with Crippen LogP contribution in [0.3, 0.4) is 0 Å². The first-order chi connectivity index (χ1) is 16.0. The minimum atomic E-state index is -0.269. The molecule has 0 amide bonds. The number of hydrogen-bond donors (Lipinski definition) is 2. The van der Waals surface area contributed by atoms with E-state index in [4.69, 9.17) is 19.9 Å². The first kappa shape index (κ1) is 22.3. The van der Waals surface area contributed by atoms with Crippen LogP contribution in [0.5, 0.6) is 0 Å². The monoisotopic (exact) mass is 448 g/mol. The summed E-state index contributed by atoms with van der Waals surface area (Å²) >= 11 is 0. The number of benzene rings is 1. The van der Waals surface area contributed by atoms with Crippen LogP contribution in [0, 0.1) is 12.7 Å². The van der Waals surface area contributed by atoms with E-state index in [1.165, 1.54) is 12.1 Å². The molecule has 1 aliphatic heterocycles. The van der Waals surface area contributed by atoms with Crippen molar-refractivity contribution in [3.8, 4) is 17.1 Å². The van der Waals surface area contributed by atoms with Crippen molar-refractivity contribution >= 4 is 23.5 Å². The third kappa shape index (κ3) is 4.83. The number of anilines is 1. The van der Waals surface area contributed by atoms with E-state index in [9.17, 15) is 4.39 Å². The van der Waals surface area contributed by atoms with E-state index in [2.05, 4.69) is 22.1 Å². The van der Waals surface area contributed by atoms with Gasteiger partial charge in [0, 0.05) is 43.1 Å². The fraction of sp³-hybridized carbons (Fsp3) is 0.250. The Hall–Kier alpha value is -3.85. The van der Waals surface area contributed by atoms with Gasteiger partial charge in [-0.1, -0.05) is 0 Å². The lowest BCUT2D eigenvalue weighted by atomic mass is 10.2. The number of pyridine rings is 2. The lowest BCUT2D eigenvalue weighted by molar-refractivity contribution is -0.122. The molecule has 0 aliphatic carbocycles. The average molecular weight is 449 g/mol. The number of rotatable bonds is 3. The molecule has 3 aromatic heterocycles. The number of aryl methyl sites for hydroxylation is 1. The molecule has 0 unspecified atom stereocenters. The number of nitrogens with zero attached hydrogens (tertiary/aromatic N) is 5. The van der Waals surface area contributed by atoms with Crippen LogP contribution in [-0.2, 0) is 4.79 Å². The SMILES string of the molecule is Cc1cc(-n2c(-c3ccc(F)cc3)nc3ccc(N4CCN[C@@H](C)C4)nc32)ccn1.O=CO. The van der Waals surface area contributed by atoms with Crippen molar-refractivity contribution in [1.29, 1.82) is 0 Å². The summed E-state index contributed by atoms with van der Waals surface area (Å²) in [5.74, 6) is 1.40. The average Bonchev–Trinajstić information content (AvgIpc) is 3.19. The van der Waals surface area contributed by atoms with E-state index < -0.39 is 0 Å². The van der Waals surface area contributed by atoms with Gasteiger partial charge in [-0.2, -0.15) is 0 Å². The zero-order chi connectivity index (χ0) is 23.4. The van der Waals surface area contributed by atoms with E-state index in [1.54, 1.807) is 18.3 Å². The molecule has 0 saturated carbocycles. The summed E-state index contributed by atoms with van der Waals surface area (Å²) in [5.41, 5.74) is 4.26. The molecule has 5 rings (SSSR count). The van der Waals surface area contributed by atoms with Crippen LogP contribution in [0.15, 0.2) is 54.7 Å². The van der Waals surface area contributed by atoms with Crippen molar-refractivity contribution in [3.63, 3.8) is 0 Å². The fourth-order valence-electron chi connectivity index (χ4n) is 3.97. The largest absolute Gasteiger partial charge is 0.483 e. The Morgan fingerprint density at radius 1 is 1.15 bits per heavy atom. The van der Waals surface area contributed by atoms with E-state index in [-0.39, 0.29) is 12.3 Å². The summed E-state index contributed by atoms with van der Waals surface area (Å²) in [5, 5.41) is 10.4. The zero-order valence-electron chi connectivity index (χ0n) is 18.4. The maximum Gasteiger partial charge on any atom is 0.290 e. The van der Waals surface area contributed by atoms with Gasteiger partial charge >= 0.3 is 0 Å². The molecule has 4 heterocycles. The highest BCUT2D eigenvalue weighted by Crippen LogP contribution is 2.29. The van der Waals surface area contributed by atoms with Gasteiger partial charge in [0.15, 0.2) is 5.65 Å². The van der Waals surface area contributed by atoms with Crippen LogP contribution in [0.25, 0.3) is 28.2 Å². The number of imidazole rings is 1. The molecule has 1 saturated heterocycles. The van der Waals surface area contributed by atoms with Crippen molar-refractivity contribution in [2.75, 3.05) is 24.5 Å². The van der Waals surface area contributed by atoms with Gasteiger partial charge in [-0.3, -0.25) is 14.3 Å². The van der Waals surface area contributed by atoms with Crippen molar-refractivity contribution in [2.45, 2.75) is 19.9 Å². The third-order valence-electron chi connectivity index (χ3n) is 5.42. The molecule has 0 bridgehead atoms. The summed E-state index contributed by atoms with van der Waals surface area (Å²) in [4.78, 5) is 24.8. The number of nitrogens with one attached hydrogen (secondary N) is 1. The highest BCUT2D eigenvalue weighted by Gasteiger charge is 2.20. The normalized spacial score (nSPS) is 15.7. The number of halogens is 1. The Morgan fingerprint density at radius 2 is 1.91 bits per heavy atom. The van der Waals surface area contributed by atoms with Gasteiger partial charge in [0.2, 0.25) is 0 Å². The second-order valence-electron chi connectivity index (χ2n) is 7.85. The number of hydrogen-bond acceptors (Lipinski definition) is 6. The van der Waals surface area contributed by atoms with Crippen LogP contribution in [-0.4, -0.2) is 56.8 Å². The van der Waals surface area contributed by atoms with Gasteiger partial charge in [0.05, 0.1) is 5.69 Å². The second-order valence-corrected chi connectivity index (χ2v) is 7.85. The number of piperazine rings is 1. The van der Waals surface area contributed by atoms with Gasteiger partial charge in [0.1, 0.15) is 23.0 Å². The summed E-state index contributed by atoms with van der Waals surface area (Å²) in [6.07, 6.45) is 1.78. The minimum Gasteiger partial charge on any atom is -0.483 e. The van der Waals surface area contributed by atoms with Gasteiger partial charge in [-0.05, 0) is 62.4 Å². The predicted octanol–water partition coefficient (Wildman–Crippen LogP) is 3.43. The van der Waals surface area contributed by atoms with E-state index in [0.717, 1.165) is 59.4 Å². The van der Waals surface area contributed by atoms with Crippen LogP contribution < -0.4 is 10.2 Å². The molecule has 2 N–H and O–H groups in total. The first-order valence-corrected chi connectivity index (χ1v) is 10.6. The summed E-state index contributed by atoms with van der Waals surface area (Å²) < 4.78 is 15.5. The number of fused-ring (bicyclic) bond motifs is 1. The van der Waals surface area contributed by atoms with Gasteiger partial charge in [-0.25, -0.2) is 14.4 Å². The van der Waals surface area contributed by atoms with Crippen molar-refractivity contribution < 1.29 is 14.3 Å². The molecule has 1 atom stereocenters. The standard InChI is InChI=1S/C23H23FN6.CH2O2/c1-15-13-19(9-10-25-15)30-22(17-3-5-18(24)6-4-17)27-20-7-8-21(28-23(20)30)29-12-11-26-16(2)14-29;2-1-3/h3-10,13,16,26H,11-12,14H2,1-2H3;1H,(H,2,3)/t16-;/m0./s1. The van der Waals surface area contributed by atoms with Crippen LogP contribution >= 0.6 is 0 Å². The topological polar surface area (TPSA) is 96.2 Å². The lowest BCUT2D eigenvalue weighted by Gasteiger charge is -2.32. The van der Waals surface area contributed by atoms with E-state index in [0.29, 0.717) is 6.04 Å². The van der Waals surface area contributed by atoms with Crippen LogP contribution in [0.1, 0.15) is 12.6 Å². The Morgan fingerprint density at radius 3 is 2.61 bits per heavy atom. The van der Waals surface area contributed by atoms with Gasteiger partial charge in [-0.15, -0.1) is 0 Å². The highest BCUT2D eigenvalue weighted by molar-refractivity contribution is 5.81. The predicted molar refractivity (Wildman–Crippen MR) is 125 cm³/mol. The van der Waals surface area contributed by atoms with Crippen molar-refractivity contribution in [3.05, 3.63) is 66.2 Å². The highest BCUT2D eigenvalue weighted by atomic mass is 19.1. The lowest BCUT2D eigenvalue weighted by Crippen LogP contribution is -2.49. The van der Waals surface area contributed by atoms with Crippen molar-refractivity contribution in [1.82, 2.24) is 24.8 Å². The number of carboxylic acid groups (broad SMARTS) is 1. The fourth-order valence-corrected chi connectivity index (χ4v) is 3.97. The maximum absolute atomic E-state index is 13.5. The Balaban J connectivity index is 0.000000821. The molecular weight excluding hydrogens is 423 g/mol. The molecule has 1 aliphatic rings. The second kappa shape index (κ2) is 9.74. The molecule has 1 fully saturated rings. The molecule has 33 heavy (non-hydrogen) atoms. The van der Waals surface area contributed by atoms with Crippen LogP contribution in [0.4, 0.5) is 10.2 Å². The maximum atomic E-state index is 13.5. The van der Waals surface area contributed by atoms with Crippen LogP contribution in [0.2, 0.25) is 0 Å². The molecular formula is C24H25FN6O2. The summed E-state index contributed by atoms with van der Waals surface area (Å²) in [6.45, 7) is 6.65. The molecule has 0 spiro atoms. The Bertz CT molecular complexity index is 1260. The van der Waals surface area contributed by atoms with E-state index >= 15 is 0 Å². The Labute approximate surface area is 190 Å². The van der Waals surface area contributed by atoms with Gasteiger partial charge in [0.25, 0.3) is 6.47 Å². The molecule has 170 valence electrons. The molecule has 8 nitrogen and oxygen atoms in total. The molecule has 9 heteroatoms. The van der Waals surface area contributed by atoms with Crippen molar-refractivity contribution in [2.24, 2.45) is 0 Å².